The van der Waals surface area contributed by atoms with Crippen LogP contribution in [0.3, 0.4) is 0 Å². The summed E-state index contributed by atoms with van der Waals surface area (Å²) in [4.78, 5) is 12.1. The minimum absolute atomic E-state index is 0.0531. The second-order valence-electron chi connectivity index (χ2n) is 5.85. The van der Waals surface area contributed by atoms with E-state index in [0.717, 1.165) is 11.1 Å². The normalized spacial score (nSPS) is 10.3. The Kier molecular flexibility index (Phi) is 7.19. The van der Waals surface area contributed by atoms with Gasteiger partial charge in [-0.2, -0.15) is 0 Å². The van der Waals surface area contributed by atoms with Crippen molar-refractivity contribution in [2.75, 3.05) is 27.9 Å². The molecule has 0 heterocycles. The van der Waals surface area contributed by atoms with Crippen LogP contribution in [0.15, 0.2) is 24.3 Å². The van der Waals surface area contributed by atoms with Gasteiger partial charge in [-0.05, 0) is 54.8 Å². The number of rotatable bonds is 8. The number of esters is 1. The average molecular weight is 395 g/mol. The van der Waals surface area contributed by atoms with Gasteiger partial charge in [0.15, 0.2) is 18.1 Å². The molecule has 2 rings (SSSR count). The summed E-state index contributed by atoms with van der Waals surface area (Å²) in [7, 11) is 4.58. The van der Waals surface area contributed by atoms with Gasteiger partial charge in [0.1, 0.15) is 12.4 Å². The predicted octanol–water partition coefficient (Wildman–Crippen LogP) is 4.10. The molecule has 0 fully saturated rings. The van der Waals surface area contributed by atoms with Crippen molar-refractivity contribution in [3.63, 3.8) is 0 Å². The standard InChI is InChI=1S/C20H23ClO6/c1-12-6-15(21)7-13(2)19(12)27-11-18(22)26-10-14-8-16(23-3)20(25-5)17(9-14)24-4/h6-9H,10-11H2,1-5H3. The number of halogens is 1. The molecule has 0 radical (unpaired) electrons. The molecule has 0 saturated heterocycles. The van der Waals surface area contributed by atoms with Crippen molar-refractivity contribution >= 4 is 17.6 Å². The Morgan fingerprint density at radius 3 is 1.93 bits per heavy atom. The molecule has 2 aromatic carbocycles. The lowest BCUT2D eigenvalue weighted by Gasteiger charge is -2.15. The molecule has 6 nitrogen and oxygen atoms in total. The zero-order valence-corrected chi connectivity index (χ0v) is 16.8. The van der Waals surface area contributed by atoms with Crippen molar-refractivity contribution < 1.29 is 28.5 Å². The van der Waals surface area contributed by atoms with E-state index >= 15 is 0 Å². The van der Waals surface area contributed by atoms with Crippen LogP contribution in [0, 0.1) is 13.8 Å². The van der Waals surface area contributed by atoms with E-state index in [9.17, 15) is 4.79 Å². The maximum Gasteiger partial charge on any atom is 0.344 e. The molecule has 0 bridgehead atoms. The first-order valence-corrected chi connectivity index (χ1v) is 8.61. The molecule has 0 saturated carbocycles. The molecule has 0 unspecified atom stereocenters. The van der Waals surface area contributed by atoms with E-state index in [1.807, 2.05) is 13.8 Å². The van der Waals surface area contributed by atoms with Crippen LogP contribution >= 0.6 is 11.6 Å². The SMILES string of the molecule is COc1cc(COC(=O)COc2c(C)cc(Cl)cc2C)cc(OC)c1OC. The average Bonchev–Trinajstić information content (AvgIpc) is 2.64. The molecule has 146 valence electrons. The first-order valence-electron chi connectivity index (χ1n) is 8.23. The zero-order chi connectivity index (χ0) is 20.0. The number of methoxy groups -OCH3 is 3. The number of hydrogen-bond acceptors (Lipinski definition) is 6. The van der Waals surface area contributed by atoms with Crippen LogP contribution in [0.4, 0.5) is 0 Å². The Morgan fingerprint density at radius 2 is 1.44 bits per heavy atom. The van der Waals surface area contributed by atoms with Gasteiger partial charge >= 0.3 is 5.97 Å². The highest BCUT2D eigenvalue weighted by molar-refractivity contribution is 6.30. The van der Waals surface area contributed by atoms with Crippen molar-refractivity contribution in [2.45, 2.75) is 20.5 Å². The molecule has 0 aliphatic rings. The van der Waals surface area contributed by atoms with E-state index in [1.54, 1.807) is 24.3 Å². The summed E-state index contributed by atoms with van der Waals surface area (Å²) in [5.74, 6) is 1.60. The molecule has 0 N–H and O–H groups in total. The van der Waals surface area contributed by atoms with Gasteiger partial charge in [-0.3, -0.25) is 0 Å². The van der Waals surface area contributed by atoms with Gasteiger partial charge in [-0.25, -0.2) is 4.79 Å². The third kappa shape index (κ3) is 5.20. The monoisotopic (exact) mass is 394 g/mol. The fraction of sp³-hybridized carbons (Fsp3) is 0.350. The fourth-order valence-electron chi connectivity index (χ4n) is 2.68. The second-order valence-corrected chi connectivity index (χ2v) is 6.29. The smallest absolute Gasteiger partial charge is 0.344 e. The highest BCUT2D eigenvalue weighted by Crippen LogP contribution is 2.38. The van der Waals surface area contributed by atoms with Crippen molar-refractivity contribution in [3.05, 3.63) is 46.0 Å². The van der Waals surface area contributed by atoms with Gasteiger partial charge in [-0.1, -0.05) is 11.6 Å². The molecule has 7 heteroatoms. The number of ether oxygens (including phenoxy) is 5. The largest absolute Gasteiger partial charge is 0.493 e. The van der Waals surface area contributed by atoms with Crippen molar-refractivity contribution in [1.82, 2.24) is 0 Å². The predicted molar refractivity (Wildman–Crippen MR) is 102 cm³/mol. The lowest BCUT2D eigenvalue weighted by molar-refractivity contribution is -0.147. The van der Waals surface area contributed by atoms with E-state index in [2.05, 4.69) is 0 Å². The molecule has 0 aromatic heterocycles. The molecule has 27 heavy (non-hydrogen) atoms. The Hall–Kier alpha value is -2.60. The van der Waals surface area contributed by atoms with Crippen molar-refractivity contribution in [3.8, 4) is 23.0 Å². The van der Waals surface area contributed by atoms with Crippen molar-refractivity contribution in [1.29, 1.82) is 0 Å². The highest BCUT2D eigenvalue weighted by atomic mass is 35.5. The van der Waals surface area contributed by atoms with Crippen LogP contribution in [-0.4, -0.2) is 33.9 Å². The number of aryl methyl sites for hydroxylation is 2. The van der Waals surface area contributed by atoms with Gasteiger partial charge in [-0.15, -0.1) is 0 Å². The first kappa shape index (κ1) is 20.7. The molecule has 0 spiro atoms. The number of carbonyl (C=O) groups is 1. The minimum atomic E-state index is -0.488. The van der Waals surface area contributed by atoms with Gasteiger partial charge in [0.2, 0.25) is 5.75 Å². The molecular weight excluding hydrogens is 372 g/mol. The fourth-order valence-corrected chi connectivity index (χ4v) is 3.01. The maximum atomic E-state index is 12.1. The van der Waals surface area contributed by atoms with Crippen LogP contribution in [0.25, 0.3) is 0 Å². The Bertz CT molecular complexity index is 770. The molecule has 0 aliphatic carbocycles. The lowest BCUT2D eigenvalue weighted by atomic mass is 10.1. The zero-order valence-electron chi connectivity index (χ0n) is 16.1. The second kappa shape index (κ2) is 9.37. The highest BCUT2D eigenvalue weighted by Gasteiger charge is 2.15. The van der Waals surface area contributed by atoms with Gasteiger partial charge in [0.25, 0.3) is 0 Å². The summed E-state index contributed by atoms with van der Waals surface area (Å²) >= 11 is 6.00. The van der Waals surface area contributed by atoms with E-state index in [1.165, 1.54) is 21.3 Å². The number of benzene rings is 2. The van der Waals surface area contributed by atoms with Crippen LogP contribution in [0.1, 0.15) is 16.7 Å². The quantitative estimate of drug-likeness (QED) is 0.628. The van der Waals surface area contributed by atoms with E-state index < -0.39 is 5.97 Å². The number of carbonyl (C=O) groups excluding carboxylic acids is 1. The minimum Gasteiger partial charge on any atom is -0.493 e. The summed E-state index contributed by atoms with van der Waals surface area (Å²) in [6, 6.07) is 7.02. The van der Waals surface area contributed by atoms with E-state index in [4.69, 9.17) is 35.3 Å². The molecule has 0 atom stereocenters. The Labute approximate surface area is 163 Å². The van der Waals surface area contributed by atoms with Gasteiger partial charge < -0.3 is 23.7 Å². The summed E-state index contributed by atoms with van der Waals surface area (Å²) < 4.78 is 26.7. The van der Waals surface area contributed by atoms with Gasteiger partial charge in [0, 0.05) is 5.02 Å². The maximum absolute atomic E-state index is 12.1. The summed E-state index contributed by atoms with van der Waals surface area (Å²) in [6.45, 7) is 3.59. The van der Waals surface area contributed by atoms with Crippen LogP contribution in [0.2, 0.25) is 5.02 Å². The molecular formula is C20H23ClO6. The topological polar surface area (TPSA) is 63.2 Å². The van der Waals surface area contributed by atoms with Crippen molar-refractivity contribution in [2.24, 2.45) is 0 Å². The van der Waals surface area contributed by atoms with Gasteiger partial charge in [0.05, 0.1) is 21.3 Å². The molecule has 0 amide bonds. The van der Waals surface area contributed by atoms with Crippen LogP contribution in [-0.2, 0) is 16.1 Å². The summed E-state index contributed by atoms with van der Waals surface area (Å²) in [5, 5.41) is 0.627. The van der Waals surface area contributed by atoms with E-state index in [0.29, 0.717) is 33.6 Å². The molecule has 2 aromatic rings. The number of hydrogen-bond donors (Lipinski definition) is 0. The summed E-state index contributed by atoms with van der Waals surface area (Å²) in [5.41, 5.74) is 2.42. The third-order valence-electron chi connectivity index (χ3n) is 3.88. The first-order chi connectivity index (χ1) is 12.9. The Balaban J connectivity index is 2.00. The molecule has 0 aliphatic heterocycles. The summed E-state index contributed by atoms with van der Waals surface area (Å²) in [6.07, 6.45) is 0. The third-order valence-corrected chi connectivity index (χ3v) is 4.10. The lowest BCUT2D eigenvalue weighted by Crippen LogP contribution is -2.15. The Morgan fingerprint density at radius 1 is 0.889 bits per heavy atom. The van der Waals surface area contributed by atoms with Crippen LogP contribution < -0.4 is 18.9 Å². The van der Waals surface area contributed by atoms with Crippen LogP contribution in [0.5, 0.6) is 23.0 Å². The van der Waals surface area contributed by atoms with E-state index in [-0.39, 0.29) is 13.2 Å².